The molecule has 59 heavy (non-hydrogen) atoms. The highest BCUT2D eigenvalue weighted by Crippen LogP contribution is 2.77. The molecule has 10 heteroatoms. The van der Waals surface area contributed by atoms with Crippen LogP contribution in [0.15, 0.2) is 35.4 Å². The van der Waals surface area contributed by atoms with Crippen LogP contribution in [0.3, 0.4) is 0 Å². The van der Waals surface area contributed by atoms with E-state index in [2.05, 4.69) is 59.1 Å². The number of Topliss-reactive ketones (excluding diaryl/α,β-unsaturated/α-hetero) is 1. The predicted molar refractivity (Wildman–Crippen MR) is 230 cm³/mol. The molecule has 4 N–H and O–H groups in total. The summed E-state index contributed by atoms with van der Waals surface area (Å²) >= 11 is 6.01. The first-order chi connectivity index (χ1) is 27.6. The molecule has 1 amide bonds. The van der Waals surface area contributed by atoms with E-state index in [9.17, 15) is 29.4 Å². The lowest BCUT2D eigenvalue weighted by Gasteiger charge is -2.72. The Labute approximate surface area is 357 Å². The summed E-state index contributed by atoms with van der Waals surface area (Å²) in [6.07, 6.45) is 9.88. The molecule has 0 radical (unpaired) electrons. The number of fused-ring (bicyclic) bond motifs is 7. The first kappa shape index (κ1) is 44.3. The maximum absolute atomic E-state index is 14.1. The van der Waals surface area contributed by atoms with Gasteiger partial charge in [-0.2, -0.15) is 0 Å². The number of hydrogen-bond acceptors (Lipinski definition) is 7. The highest BCUT2D eigenvalue weighted by atomic mass is 35.5. The summed E-state index contributed by atoms with van der Waals surface area (Å²) in [7, 11) is 0. The number of aliphatic carboxylic acids is 1. The summed E-state index contributed by atoms with van der Waals surface area (Å²) in [4.78, 5) is 52.4. The number of benzene rings is 1. The van der Waals surface area contributed by atoms with Crippen LogP contribution in [0.2, 0.25) is 5.02 Å². The summed E-state index contributed by atoms with van der Waals surface area (Å²) in [5, 5.41) is 26.9. The van der Waals surface area contributed by atoms with Crippen LogP contribution in [0.5, 0.6) is 0 Å². The Balaban J connectivity index is 1.06. The molecule has 11 atom stereocenters. The maximum atomic E-state index is 14.1. The molecular weight excluding hydrogens is 764 g/mol. The van der Waals surface area contributed by atoms with Gasteiger partial charge in [-0.25, -0.2) is 0 Å². The third-order valence-electron chi connectivity index (χ3n) is 18.5. The van der Waals surface area contributed by atoms with Crippen molar-refractivity contribution in [1.29, 1.82) is 0 Å². The van der Waals surface area contributed by atoms with Crippen molar-refractivity contribution in [2.45, 2.75) is 145 Å². The van der Waals surface area contributed by atoms with Crippen molar-refractivity contribution < 1.29 is 34.1 Å². The second-order valence-corrected chi connectivity index (χ2v) is 22.5. The summed E-state index contributed by atoms with van der Waals surface area (Å²) in [6, 6.07) is 6.27. The topological polar surface area (TPSA) is 142 Å². The first-order valence-corrected chi connectivity index (χ1v) is 23.0. The van der Waals surface area contributed by atoms with Crippen LogP contribution >= 0.6 is 11.6 Å². The van der Waals surface area contributed by atoms with Gasteiger partial charge in [-0.05, 0) is 146 Å². The molecule has 0 saturated heterocycles. The number of carboxylic acids is 1. The van der Waals surface area contributed by atoms with Crippen molar-refractivity contribution in [1.82, 2.24) is 10.6 Å². The van der Waals surface area contributed by atoms with Crippen molar-refractivity contribution >= 4 is 35.2 Å². The Hall–Kier alpha value is -2.75. The molecule has 6 aliphatic rings. The van der Waals surface area contributed by atoms with Crippen molar-refractivity contribution in [3.8, 4) is 0 Å². The fourth-order valence-electron chi connectivity index (χ4n) is 14.8. The van der Waals surface area contributed by atoms with Crippen molar-refractivity contribution in [3.63, 3.8) is 0 Å². The number of carbonyl (C=O) groups is 4. The van der Waals surface area contributed by atoms with Crippen LogP contribution in [0.4, 0.5) is 0 Å². The van der Waals surface area contributed by atoms with Crippen LogP contribution < -0.4 is 10.6 Å². The van der Waals surface area contributed by atoms with Gasteiger partial charge in [-0.15, -0.1) is 0 Å². The summed E-state index contributed by atoms with van der Waals surface area (Å²) < 4.78 is 6.43. The Morgan fingerprint density at radius 1 is 0.864 bits per heavy atom. The minimum absolute atomic E-state index is 0.0405. The number of carboxylic acid groups (broad SMARTS) is 1. The number of rotatable bonds is 12. The molecule has 1 aromatic carbocycles. The van der Waals surface area contributed by atoms with Gasteiger partial charge in [0.1, 0.15) is 6.10 Å². The monoisotopic (exact) mass is 834 g/mol. The second-order valence-electron chi connectivity index (χ2n) is 22.1. The quantitative estimate of drug-likeness (QED) is 0.121. The number of halogens is 1. The van der Waals surface area contributed by atoms with Gasteiger partial charge in [-0.3, -0.25) is 19.2 Å². The van der Waals surface area contributed by atoms with E-state index in [1.807, 2.05) is 13.8 Å². The van der Waals surface area contributed by atoms with Crippen molar-refractivity contribution in [3.05, 3.63) is 46.0 Å². The van der Waals surface area contributed by atoms with Crippen LogP contribution in [-0.2, 0) is 19.1 Å². The zero-order valence-corrected chi connectivity index (χ0v) is 37.9. The van der Waals surface area contributed by atoms with Crippen LogP contribution in [0, 0.1) is 68.0 Å². The highest BCUT2D eigenvalue weighted by Gasteiger charge is 2.70. The molecule has 5 saturated carbocycles. The third kappa shape index (κ3) is 7.03. The summed E-state index contributed by atoms with van der Waals surface area (Å²) in [5.74, 6) is -0.469. The molecule has 1 aromatic rings. The molecule has 0 aromatic heterocycles. The van der Waals surface area contributed by atoms with E-state index in [1.165, 1.54) is 5.57 Å². The van der Waals surface area contributed by atoms with E-state index in [4.69, 9.17) is 16.3 Å². The standard InChI is InChI=1S/C49H71ClN2O7/c1-28(2)39-35(54)25-49(22-23-51-26-31(27-53)52-41(55)29-10-12-30(50)13-11-29)21-20-47(8)32(40(39)49)14-15-37-46(7)18-17-38(45(5,6)36(46)16-19-48(37,47)9)59-43(58)34-24-33(42(56)57)44(34,3)4/h10-13,28,31-34,36-38,51,53H,14-27H2,1-9H3,(H,52,55)(H,56,57)/t31-,32-,33+,34-,36+,37-,38+,46+,47-,48-,49-/m1/s1. The largest absolute Gasteiger partial charge is 0.481 e. The van der Waals surface area contributed by atoms with Crippen molar-refractivity contribution in [2.75, 3.05) is 19.7 Å². The van der Waals surface area contributed by atoms with Crippen LogP contribution in [0.1, 0.15) is 143 Å². The number of aliphatic hydroxyl groups excluding tert-OH is 1. The van der Waals surface area contributed by atoms with Crippen LogP contribution in [-0.4, -0.2) is 65.7 Å². The number of hydrogen-bond donors (Lipinski definition) is 4. The zero-order chi connectivity index (χ0) is 43.1. The molecule has 326 valence electrons. The lowest BCUT2D eigenvalue weighted by molar-refractivity contribution is -0.236. The van der Waals surface area contributed by atoms with Gasteiger partial charge < -0.3 is 25.6 Å². The van der Waals surface area contributed by atoms with Crippen molar-refractivity contribution in [2.24, 2.45) is 68.0 Å². The number of amides is 1. The van der Waals surface area contributed by atoms with E-state index in [0.29, 0.717) is 60.1 Å². The minimum atomic E-state index is -0.833. The number of allylic oxidation sites excluding steroid dienone is 2. The van der Waals surface area contributed by atoms with Gasteiger partial charge in [0.05, 0.1) is 24.5 Å². The number of carbonyl (C=O) groups excluding carboxylic acids is 3. The second kappa shape index (κ2) is 15.6. The molecule has 9 nitrogen and oxygen atoms in total. The Morgan fingerprint density at radius 2 is 1.56 bits per heavy atom. The average Bonchev–Trinajstić information content (AvgIpc) is 3.46. The SMILES string of the molecule is CC(C)C1=C2[C@H]3CC[C@@H]4[C@@]5(C)CC[C@H](OC(=O)[C@H]6C[C@@H](C(=O)O)C6(C)C)C(C)(C)[C@@H]5CC[C@@]4(C)[C@]3(C)CC[C@@]2(CCNC[C@H](CO)NC(=O)c2ccc(Cl)cc2)CC1=O. The molecule has 0 spiro atoms. The maximum Gasteiger partial charge on any atom is 0.309 e. The third-order valence-corrected chi connectivity index (χ3v) is 18.7. The van der Waals surface area contributed by atoms with E-state index in [1.54, 1.807) is 24.3 Å². The Bertz CT molecular complexity index is 1870. The van der Waals surface area contributed by atoms with E-state index >= 15 is 0 Å². The van der Waals surface area contributed by atoms with Gasteiger partial charge in [0.2, 0.25) is 0 Å². The Morgan fingerprint density at radius 3 is 2.19 bits per heavy atom. The van der Waals surface area contributed by atoms with E-state index in [-0.39, 0.29) is 63.5 Å². The fraction of sp³-hybridized carbons (Fsp3) is 0.755. The number of ketones is 1. The summed E-state index contributed by atoms with van der Waals surface area (Å²) in [6.45, 7) is 21.4. The Kier molecular flexibility index (Phi) is 11.7. The number of nitrogens with one attached hydrogen (secondary N) is 2. The molecule has 0 aliphatic heterocycles. The minimum Gasteiger partial charge on any atom is -0.481 e. The highest BCUT2D eigenvalue weighted by molar-refractivity contribution is 6.30. The van der Waals surface area contributed by atoms with Gasteiger partial charge in [0.15, 0.2) is 5.78 Å². The van der Waals surface area contributed by atoms with Gasteiger partial charge >= 0.3 is 11.9 Å². The lowest BCUT2D eigenvalue weighted by atomic mass is 9.33. The molecule has 5 fully saturated rings. The fourth-order valence-corrected chi connectivity index (χ4v) is 15.0. The first-order valence-electron chi connectivity index (χ1n) is 22.7. The van der Waals surface area contributed by atoms with E-state index in [0.717, 1.165) is 63.4 Å². The average molecular weight is 836 g/mol. The van der Waals surface area contributed by atoms with E-state index < -0.39 is 23.3 Å². The van der Waals surface area contributed by atoms with Crippen LogP contribution in [0.25, 0.3) is 0 Å². The van der Waals surface area contributed by atoms with Gasteiger partial charge in [-0.1, -0.05) is 79.5 Å². The lowest BCUT2D eigenvalue weighted by Crippen LogP contribution is -2.66. The molecule has 7 rings (SSSR count). The number of aliphatic hydroxyl groups is 1. The molecule has 0 bridgehead atoms. The number of ether oxygens (including phenoxy) is 1. The predicted octanol–water partition coefficient (Wildman–Crippen LogP) is 9.05. The molecule has 0 unspecified atom stereocenters. The molecule has 6 aliphatic carbocycles. The van der Waals surface area contributed by atoms with Gasteiger partial charge in [0, 0.05) is 34.4 Å². The zero-order valence-electron chi connectivity index (χ0n) is 37.1. The van der Waals surface area contributed by atoms with Gasteiger partial charge in [0.25, 0.3) is 5.91 Å². The number of esters is 1. The normalized spacial score (nSPS) is 38.6. The smallest absolute Gasteiger partial charge is 0.309 e. The molecular formula is C49H71ClN2O7. The molecule has 0 heterocycles. The summed E-state index contributed by atoms with van der Waals surface area (Å²) in [5.41, 5.74) is 2.24.